The largest absolute Gasteiger partial charge is 0.378 e. The Balaban J connectivity index is 0.00000264. The number of halogens is 2. The van der Waals surface area contributed by atoms with E-state index in [9.17, 15) is 4.79 Å². The average Bonchev–Trinajstić information content (AvgIpc) is 2.91. The number of carbonyl (C=O) groups is 1. The summed E-state index contributed by atoms with van der Waals surface area (Å²) in [5, 5.41) is 4.13. The van der Waals surface area contributed by atoms with E-state index in [0.717, 1.165) is 16.8 Å². The van der Waals surface area contributed by atoms with Gasteiger partial charge in [0, 0.05) is 51.7 Å². The van der Waals surface area contributed by atoms with Gasteiger partial charge in [-0.15, -0.1) is 24.0 Å². The number of benzene rings is 1. The summed E-state index contributed by atoms with van der Waals surface area (Å²) in [5.41, 5.74) is 3.20. The van der Waals surface area contributed by atoms with Crippen molar-refractivity contribution < 1.29 is 4.79 Å². The van der Waals surface area contributed by atoms with Gasteiger partial charge in [0.15, 0.2) is 0 Å². The molecule has 5 nitrogen and oxygen atoms in total. The highest BCUT2D eigenvalue weighted by Gasteiger charge is 2.14. The van der Waals surface area contributed by atoms with E-state index >= 15 is 0 Å². The van der Waals surface area contributed by atoms with Crippen LogP contribution < -0.4 is 4.90 Å². The minimum atomic E-state index is -0.0813. The Hall–Kier alpha value is -1.72. The van der Waals surface area contributed by atoms with Crippen LogP contribution in [0.2, 0.25) is 0 Å². The van der Waals surface area contributed by atoms with Gasteiger partial charge in [-0.1, -0.05) is 12.1 Å². The van der Waals surface area contributed by atoms with Gasteiger partial charge in [-0.05, 0) is 17.7 Å². The molecule has 0 N–H and O–H groups in total. The second kappa shape index (κ2) is 8.79. The third-order valence-corrected chi connectivity index (χ3v) is 3.65. The molecule has 0 aliphatic carbocycles. The Bertz CT molecular complexity index is 625. The van der Waals surface area contributed by atoms with Gasteiger partial charge >= 0.3 is 0 Å². The number of aryl methyl sites for hydroxylation is 1. The van der Waals surface area contributed by atoms with Gasteiger partial charge in [0.1, 0.15) is 5.88 Å². The Labute approximate surface area is 148 Å². The summed E-state index contributed by atoms with van der Waals surface area (Å²) in [4.78, 5) is 15.8. The highest BCUT2D eigenvalue weighted by molar-refractivity contribution is 6.27. The third kappa shape index (κ3) is 5.44. The number of amides is 1. The van der Waals surface area contributed by atoms with E-state index in [0.29, 0.717) is 13.1 Å². The third-order valence-electron chi connectivity index (χ3n) is 3.42. The smallest absolute Gasteiger partial charge is 0.238 e. The molecular formula is C16H22Cl2N4O. The van der Waals surface area contributed by atoms with Gasteiger partial charge in [0.25, 0.3) is 0 Å². The van der Waals surface area contributed by atoms with Gasteiger partial charge in [0.2, 0.25) is 5.91 Å². The molecule has 0 bridgehead atoms. The first kappa shape index (κ1) is 19.3. The molecule has 0 aliphatic heterocycles. The number of hydrogen-bond donors (Lipinski definition) is 0. The molecule has 0 atom stereocenters. The quantitative estimate of drug-likeness (QED) is 0.747. The van der Waals surface area contributed by atoms with Crippen molar-refractivity contribution in [2.45, 2.75) is 13.1 Å². The zero-order chi connectivity index (χ0) is 16.1. The number of nitrogens with zero attached hydrogens (tertiary/aromatic N) is 4. The Kier molecular flexibility index (Phi) is 7.39. The molecule has 1 amide bonds. The first-order valence-electron chi connectivity index (χ1n) is 7.07. The molecule has 7 heteroatoms. The average molecular weight is 357 g/mol. The normalized spacial score (nSPS) is 10.1. The van der Waals surface area contributed by atoms with Gasteiger partial charge in [0.05, 0.1) is 6.20 Å². The van der Waals surface area contributed by atoms with Crippen molar-refractivity contribution in [2.75, 3.05) is 24.9 Å². The molecular weight excluding hydrogens is 335 g/mol. The summed E-state index contributed by atoms with van der Waals surface area (Å²) in [6, 6.07) is 8.16. The van der Waals surface area contributed by atoms with Crippen LogP contribution in [0.4, 0.5) is 5.69 Å². The fourth-order valence-electron chi connectivity index (χ4n) is 2.21. The van der Waals surface area contributed by atoms with Gasteiger partial charge in [-0.3, -0.25) is 9.48 Å². The van der Waals surface area contributed by atoms with Crippen LogP contribution in [-0.2, 0) is 24.9 Å². The topological polar surface area (TPSA) is 41.4 Å². The fraction of sp³-hybridized carbons (Fsp3) is 0.375. The summed E-state index contributed by atoms with van der Waals surface area (Å²) in [5.74, 6) is -0.0991. The summed E-state index contributed by atoms with van der Waals surface area (Å²) in [7, 11) is 5.86. The molecule has 126 valence electrons. The van der Waals surface area contributed by atoms with E-state index in [-0.39, 0.29) is 24.2 Å². The maximum Gasteiger partial charge on any atom is 0.238 e. The Morgan fingerprint density at radius 2 is 1.78 bits per heavy atom. The number of alkyl halides is 1. The lowest BCUT2D eigenvalue weighted by Gasteiger charge is -2.22. The van der Waals surface area contributed by atoms with Crippen molar-refractivity contribution in [3.05, 3.63) is 47.8 Å². The van der Waals surface area contributed by atoms with Crippen LogP contribution in [0.5, 0.6) is 0 Å². The first-order valence-corrected chi connectivity index (χ1v) is 7.60. The van der Waals surface area contributed by atoms with E-state index in [2.05, 4.69) is 5.10 Å². The minimum absolute atomic E-state index is 0. The van der Waals surface area contributed by atoms with E-state index in [1.807, 2.05) is 56.5 Å². The zero-order valence-electron chi connectivity index (χ0n) is 13.6. The zero-order valence-corrected chi connectivity index (χ0v) is 15.1. The SMILES string of the molecule is CN(C)c1ccc(CN(Cc2cnn(C)c2)C(=O)CCl)cc1.Cl. The van der Waals surface area contributed by atoms with Crippen LogP contribution in [0.25, 0.3) is 0 Å². The maximum atomic E-state index is 12.1. The predicted octanol–water partition coefficient (Wildman–Crippen LogP) is 2.68. The lowest BCUT2D eigenvalue weighted by atomic mass is 10.1. The number of aromatic nitrogens is 2. The van der Waals surface area contributed by atoms with Gasteiger partial charge < -0.3 is 9.80 Å². The molecule has 2 rings (SSSR count). The molecule has 0 spiro atoms. The van der Waals surface area contributed by atoms with Crippen molar-refractivity contribution in [3.8, 4) is 0 Å². The fourth-order valence-corrected chi connectivity index (χ4v) is 2.38. The molecule has 0 fully saturated rings. The molecule has 1 aromatic carbocycles. The Morgan fingerprint density at radius 3 is 2.26 bits per heavy atom. The van der Waals surface area contributed by atoms with Crippen molar-refractivity contribution in [1.29, 1.82) is 0 Å². The van der Waals surface area contributed by atoms with Crippen molar-refractivity contribution in [1.82, 2.24) is 14.7 Å². The molecule has 23 heavy (non-hydrogen) atoms. The number of hydrogen-bond acceptors (Lipinski definition) is 3. The van der Waals surface area contributed by atoms with Crippen LogP contribution >= 0.6 is 24.0 Å². The van der Waals surface area contributed by atoms with Crippen LogP contribution in [0.1, 0.15) is 11.1 Å². The summed E-state index contributed by atoms with van der Waals surface area (Å²) < 4.78 is 1.73. The number of anilines is 1. The first-order chi connectivity index (χ1) is 10.5. The molecule has 0 aliphatic rings. The predicted molar refractivity (Wildman–Crippen MR) is 96.2 cm³/mol. The molecule has 1 heterocycles. The van der Waals surface area contributed by atoms with E-state index in [1.54, 1.807) is 15.8 Å². The summed E-state index contributed by atoms with van der Waals surface area (Å²) in [6.45, 7) is 1.04. The minimum Gasteiger partial charge on any atom is -0.378 e. The van der Waals surface area contributed by atoms with Crippen LogP contribution in [-0.4, -0.2) is 40.6 Å². The molecule has 2 aromatic rings. The maximum absolute atomic E-state index is 12.1. The second-order valence-electron chi connectivity index (χ2n) is 5.47. The monoisotopic (exact) mass is 356 g/mol. The highest BCUT2D eigenvalue weighted by atomic mass is 35.5. The van der Waals surface area contributed by atoms with Crippen molar-refractivity contribution in [3.63, 3.8) is 0 Å². The van der Waals surface area contributed by atoms with E-state index in [4.69, 9.17) is 11.6 Å². The van der Waals surface area contributed by atoms with Gasteiger partial charge in [-0.25, -0.2) is 0 Å². The standard InChI is InChI=1S/C16H21ClN4O.ClH/c1-19(2)15-6-4-13(5-7-15)11-21(16(22)8-17)12-14-9-18-20(3)10-14;/h4-7,9-10H,8,11-12H2,1-3H3;1H. The number of carbonyl (C=O) groups excluding carboxylic acids is 1. The molecule has 0 saturated carbocycles. The molecule has 0 saturated heterocycles. The van der Waals surface area contributed by atoms with Crippen LogP contribution in [0.15, 0.2) is 36.7 Å². The van der Waals surface area contributed by atoms with Crippen molar-refractivity contribution in [2.24, 2.45) is 7.05 Å². The van der Waals surface area contributed by atoms with E-state index in [1.165, 1.54) is 0 Å². The van der Waals surface area contributed by atoms with Gasteiger partial charge in [-0.2, -0.15) is 5.10 Å². The second-order valence-corrected chi connectivity index (χ2v) is 5.73. The Morgan fingerprint density at radius 1 is 1.17 bits per heavy atom. The summed E-state index contributed by atoms with van der Waals surface area (Å²) in [6.07, 6.45) is 3.67. The lowest BCUT2D eigenvalue weighted by molar-refractivity contribution is -0.129. The van der Waals surface area contributed by atoms with E-state index < -0.39 is 0 Å². The molecule has 0 unspecified atom stereocenters. The van der Waals surface area contributed by atoms with Crippen LogP contribution in [0.3, 0.4) is 0 Å². The highest BCUT2D eigenvalue weighted by Crippen LogP contribution is 2.15. The van der Waals surface area contributed by atoms with Crippen molar-refractivity contribution >= 4 is 35.6 Å². The van der Waals surface area contributed by atoms with Crippen LogP contribution in [0, 0.1) is 0 Å². The lowest BCUT2D eigenvalue weighted by Crippen LogP contribution is -2.30. The molecule has 1 aromatic heterocycles. The summed E-state index contributed by atoms with van der Waals surface area (Å²) >= 11 is 5.73. The number of rotatable bonds is 6. The molecule has 0 radical (unpaired) electrons.